The van der Waals surface area contributed by atoms with E-state index in [1.807, 2.05) is 6.92 Å². The first-order valence-electron chi connectivity index (χ1n) is 4.55. The zero-order valence-corrected chi connectivity index (χ0v) is 9.54. The molecular weight excluding hydrogens is 216 g/mol. The Morgan fingerprint density at radius 3 is 3.00 bits per heavy atom. The minimum Gasteiger partial charge on any atom is -0.477 e. The summed E-state index contributed by atoms with van der Waals surface area (Å²) in [5, 5.41) is 10.6. The van der Waals surface area contributed by atoms with Gasteiger partial charge in [0.05, 0.1) is 19.3 Å². The summed E-state index contributed by atoms with van der Waals surface area (Å²) in [6.07, 6.45) is -0.0310. The van der Waals surface area contributed by atoms with Crippen molar-refractivity contribution in [1.82, 2.24) is 0 Å². The number of rotatable bonds is 6. The van der Waals surface area contributed by atoms with Gasteiger partial charge in [-0.2, -0.15) is 0 Å². The Morgan fingerprint density at radius 1 is 1.67 bits per heavy atom. The summed E-state index contributed by atoms with van der Waals surface area (Å²) in [4.78, 5) is 11.1. The molecule has 1 unspecified atom stereocenters. The number of ether oxygens (including phenoxy) is 2. The minimum atomic E-state index is -0.900. The fourth-order valence-corrected chi connectivity index (χ4v) is 1.90. The molecule has 84 valence electrons. The SMILES string of the molecule is COCC(C)OCc1ccsc1C(=O)O. The quantitative estimate of drug-likeness (QED) is 0.812. The highest BCUT2D eigenvalue weighted by Crippen LogP contribution is 2.18. The number of thiophene rings is 1. The largest absolute Gasteiger partial charge is 0.477 e. The molecule has 4 nitrogen and oxygen atoms in total. The molecule has 0 radical (unpaired) electrons. The van der Waals surface area contributed by atoms with Gasteiger partial charge >= 0.3 is 5.97 Å². The third-order valence-corrected chi connectivity index (χ3v) is 2.81. The van der Waals surface area contributed by atoms with Crippen LogP contribution in [-0.4, -0.2) is 30.9 Å². The van der Waals surface area contributed by atoms with E-state index in [2.05, 4.69) is 0 Å². The molecule has 0 aliphatic heterocycles. The van der Waals surface area contributed by atoms with Crippen molar-refractivity contribution in [2.75, 3.05) is 13.7 Å². The lowest BCUT2D eigenvalue weighted by atomic mass is 10.3. The summed E-state index contributed by atoms with van der Waals surface area (Å²) in [7, 11) is 1.60. The van der Waals surface area contributed by atoms with Gasteiger partial charge in [0.2, 0.25) is 0 Å². The van der Waals surface area contributed by atoms with Crippen LogP contribution in [0.15, 0.2) is 11.4 Å². The molecule has 0 bridgehead atoms. The van der Waals surface area contributed by atoms with Gasteiger partial charge in [0.25, 0.3) is 0 Å². The van der Waals surface area contributed by atoms with Crippen LogP contribution in [0, 0.1) is 0 Å². The highest BCUT2D eigenvalue weighted by atomic mass is 32.1. The molecule has 0 aliphatic rings. The predicted molar refractivity (Wildman–Crippen MR) is 57.4 cm³/mol. The zero-order valence-electron chi connectivity index (χ0n) is 8.73. The Hall–Kier alpha value is -0.910. The number of carboxylic acids is 1. The molecule has 0 aliphatic carbocycles. The number of hydrogen-bond acceptors (Lipinski definition) is 4. The minimum absolute atomic E-state index is 0.0310. The van der Waals surface area contributed by atoms with E-state index in [9.17, 15) is 4.79 Å². The monoisotopic (exact) mass is 230 g/mol. The van der Waals surface area contributed by atoms with Crippen molar-refractivity contribution in [3.05, 3.63) is 21.9 Å². The average molecular weight is 230 g/mol. The van der Waals surface area contributed by atoms with E-state index in [0.717, 1.165) is 5.56 Å². The molecule has 1 aromatic heterocycles. The van der Waals surface area contributed by atoms with Crippen LogP contribution in [0.3, 0.4) is 0 Å². The van der Waals surface area contributed by atoms with Crippen molar-refractivity contribution >= 4 is 17.3 Å². The lowest BCUT2D eigenvalue weighted by molar-refractivity contribution is -0.000371. The maximum Gasteiger partial charge on any atom is 0.346 e. The van der Waals surface area contributed by atoms with Crippen molar-refractivity contribution in [3.63, 3.8) is 0 Å². The number of methoxy groups -OCH3 is 1. The standard InChI is InChI=1S/C10H14O4S/c1-7(5-13-2)14-6-8-3-4-15-9(8)10(11)12/h3-4,7H,5-6H2,1-2H3,(H,11,12). The summed E-state index contributed by atoms with van der Waals surface area (Å²) in [5.74, 6) is -0.900. The van der Waals surface area contributed by atoms with Gasteiger partial charge in [-0.15, -0.1) is 11.3 Å². The van der Waals surface area contributed by atoms with E-state index in [1.165, 1.54) is 11.3 Å². The van der Waals surface area contributed by atoms with Crippen LogP contribution in [0.1, 0.15) is 22.2 Å². The Bertz CT molecular complexity index is 321. The van der Waals surface area contributed by atoms with Crippen molar-refractivity contribution in [1.29, 1.82) is 0 Å². The van der Waals surface area contributed by atoms with Crippen LogP contribution in [0.25, 0.3) is 0 Å². The average Bonchev–Trinajstić information content (AvgIpc) is 2.63. The van der Waals surface area contributed by atoms with Gasteiger partial charge in [0.15, 0.2) is 0 Å². The van der Waals surface area contributed by atoms with E-state index in [0.29, 0.717) is 18.1 Å². The molecule has 0 amide bonds. The maximum atomic E-state index is 10.8. The van der Waals surface area contributed by atoms with Gasteiger partial charge in [-0.3, -0.25) is 0 Å². The number of carbonyl (C=O) groups is 1. The second kappa shape index (κ2) is 5.85. The first-order valence-corrected chi connectivity index (χ1v) is 5.43. The normalized spacial score (nSPS) is 12.7. The molecule has 1 aromatic rings. The van der Waals surface area contributed by atoms with E-state index in [1.54, 1.807) is 18.6 Å². The summed E-state index contributed by atoms with van der Waals surface area (Å²) in [6, 6.07) is 1.77. The Balaban J connectivity index is 2.50. The molecule has 0 aromatic carbocycles. The molecule has 1 N–H and O–H groups in total. The van der Waals surface area contributed by atoms with Crippen molar-refractivity contribution in [2.45, 2.75) is 19.6 Å². The van der Waals surface area contributed by atoms with Crippen LogP contribution in [0.5, 0.6) is 0 Å². The molecule has 5 heteroatoms. The second-order valence-corrected chi connectivity index (χ2v) is 4.07. The summed E-state index contributed by atoms with van der Waals surface area (Å²) in [6.45, 7) is 2.71. The smallest absolute Gasteiger partial charge is 0.346 e. The predicted octanol–water partition coefficient (Wildman–Crippen LogP) is 2.00. The van der Waals surface area contributed by atoms with Gasteiger partial charge in [0.1, 0.15) is 4.88 Å². The Labute approximate surface area is 92.4 Å². The molecular formula is C10H14O4S. The molecule has 0 saturated carbocycles. The Morgan fingerprint density at radius 2 is 2.40 bits per heavy atom. The van der Waals surface area contributed by atoms with E-state index in [-0.39, 0.29) is 6.10 Å². The van der Waals surface area contributed by atoms with Gasteiger partial charge in [-0.1, -0.05) is 0 Å². The third-order valence-electron chi connectivity index (χ3n) is 1.87. The van der Waals surface area contributed by atoms with Crippen molar-refractivity contribution in [2.24, 2.45) is 0 Å². The first kappa shape index (κ1) is 12.2. The van der Waals surface area contributed by atoms with Crippen LogP contribution in [-0.2, 0) is 16.1 Å². The van der Waals surface area contributed by atoms with Crippen LogP contribution in [0.4, 0.5) is 0 Å². The summed E-state index contributed by atoms with van der Waals surface area (Å²) >= 11 is 1.21. The summed E-state index contributed by atoms with van der Waals surface area (Å²) in [5.41, 5.74) is 0.718. The third kappa shape index (κ3) is 3.62. The van der Waals surface area contributed by atoms with Crippen molar-refractivity contribution in [3.8, 4) is 0 Å². The molecule has 1 atom stereocenters. The molecule has 0 fully saturated rings. The highest BCUT2D eigenvalue weighted by Gasteiger charge is 2.12. The summed E-state index contributed by atoms with van der Waals surface area (Å²) < 4.78 is 10.3. The van der Waals surface area contributed by atoms with Crippen LogP contribution in [0.2, 0.25) is 0 Å². The van der Waals surface area contributed by atoms with Gasteiger partial charge < -0.3 is 14.6 Å². The molecule has 0 saturated heterocycles. The van der Waals surface area contributed by atoms with E-state index < -0.39 is 5.97 Å². The molecule has 1 rings (SSSR count). The fourth-order valence-electron chi connectivity index (χ4n) is 1.15. The molecule has 0 spiro atoms. The highest BCUT2D eigenvalue weighted by molar-refractivity contribution is 7.12. The zero-order chi connectivity index (χ0) is 11.3. The van der Waals surface area contributed by atoms with Gasteiger partial charge in [-0.25, -0.2) is 4.79 Å². The second-order valence-electron chi connectivity index (χ2n) is 3.16. The van der Waals surface area contributed by atoms with E-state index in [4.69, 9.17) is 14.6 Å². The maximum absolute atomic E-state index is 10.8. The number of aromatic carboxylic acids is 1. The molecule has 15 heavy (non-hydrogen) atoms. The van der Waals surface area contributed by atoms with Gasteiger partial charge in [0, 0.05) is 12.7 Å². The number of hydrogen-bond donors (Lipinski definition) is 1. The van der Waals surface area contributed by atoms with Crippen molar-refractivity contribution < 1.29 is 19.4 Å². The van der Waals surface area contributed by atoms with E-state index >= 15 is 0 Å². The lowest BCUT2D eigenvalue weighted by Gasteiger charge is -2.11. The van der Waals surface area contributed by atoms with Crippen LogP contribution < -0.4 is 0 Å². The fraction of sp³-hybridized carbons (Fsp3) is 0.500. The lowest BCUT2D eigenvalue weighted by Crippen LogP contribution is -2.15. The first-order chi connectivity index (χ1) is 7.15. The topological polar surface area (TPSA) is 55.8 Å². The number of carboxylic acid groups (broad SMARTS) is 1. The van der Waals surface area contributed by atoms with Gasteiger partial charge in [-0.05, 0) is 18.4 Å². The van der Waals surface area contributed by atoms with Crippen LogP contribution >= 0.6 is 11.3 Å². The molecule has 1 heterocycles. The Kier molecular flexibility index (Phi) is 4.74.